The maximum atomic E-state index is 12.6. The van der Waals surface area contributed by atoms with Gasteiger partial charge in [0.2, 0.25) is 0 Å². The Morgan fingerprint density at radius 2 is 2.10 bits per heavy atom. The second-order valence-electron chi connectivity index (χ2n) is 5.68. The molecule has 0 radical (unpaired) electrons. The first-order valence-corrected chi connectivity index (χ1v) is 9.44. The number of nitrogens with zero attached hydrogens (tertiary/aromatic N) is 1. The molecule has 2 heterocycles. The zero-order valence-corrected chi connectivity index (χ0v) is 14.1. The molecule has 0 bridgehead atoms. The standard InChI is InChI=1S/C14H24N2O2S2/c1-11-7-9-16(10-12(11)2)20(17,18)14-5-4-13(19-14)6-8-15-3/h4-5,11-12,15H,6-10H2,1-3H3. The molecule has 4 nitrogen and oxygen atoms in total. The van der Waals surface area contributed by atoms with Crippen LogP contribution in [0.2, 0.25) is 0 Å². The average Bonchev–Trinajstić information content (AvgIpc) is 2.89. The van der Waals surface area contributed by atoms with Crippen LogP contribution in [-0.2, 0) is 16.4 Å². The molecule has 1 aromatic rings. The van der Waals surface area contributed by atoms with Gasteiger partial charge in [0.1, 0.15) is 4.21 Å². The van der Waals surface area contributed by atoms with Crippen molar-refractivity contribution < 1.29 is 8.42 Å². The summed E-state index contributed by atoms with van der Waals surface area (Å²) in [6.45, 7) is 6.51. The van der Waals surface area contributed by atoms with Crippen LogP contribution in [0.5, 0.6) is 0 Å². The molecular formula is C14H24N2O2S2. The van der Waals surface area contributed by atoms with Crippen molar-refractivity contribution in [3.8, 4) is 0 Å². The summed E-state index contributed by atoms with van der Waals surface area (Å²) in [7, 11) is -1.39. The van der Waals surface area contributed by atoms with Gasteiger partial charge in [-0.05, 0) is 50.4 Å². The van der Waals surface area contributed by atoms with Gasteiger partial charge in [-0.1, -0.05) is 13.8 Å². The molecule has 1 fully saturated rings. The van der Waals surface area contributed by atoms with E-state index in [1.54, 1.807) is 10.4 Å². The molecule has 0 amide bonds. The molecule has 2 rings (SSSR count). The number of nitrogens with one attached hydrogen (secondary N) is 1. The molecule has 0 saturated carbocycles. The van der Waals surface area contributed by atoms with Gasteiger partial charge in [-0.3, -0.25) is 0 Å². The third kappa shape index (κ3) is 3.42. The monoisotopic (exact) mass is 316 g/mol. The highest BCUT2D eigenvalue weighted by Crippen LogP contribution is 2.30. The molecule has 1 N–H and O–H groups in total. The normalized spacial score (nSPS) is 24.9. The largest absolute Gasteiger partial charge is 0.319 e. The number of hydrogen-bond acceptors (Lipinski definition) is 4. The van der Waals surface area contributed by atoms with Crippen LogP contribution in [0, 0.1) is 11.8 Å². The third-order valence-electron chi connectivity index (χ3n) is 4.15. The van der Waals surface area contributed by atoms with E-state index in [-0.39, 0.29) is 0 Å². The predicted molar refractivity (Wildman–Crippen MR) is 83.7 cm³/mol. The number of likely N-dealkylation sites (N-methyl/N-ethyl adjacent to an activating group) is 1. The van der Waals surface area contributed by atoms with Crippen molar-refractivity contribution in [3.63, 3.8) is 0 Å². The Morgan fingerprint density at radius 1 is 1.35 bits per heavy atom. The molecular weight excluding hydrogens is 292 g/mol. The highest BCUT2D eigenvalue weighted by molar-refractivity contribution is 7.91. The van der Waals surface area contributed by atoms with Crippen LogP contribution in [0.25, 0.3) is 0 Å². The lowest BCUT2D eigenvalue weighted by Gasteiger charge is -2.34. The topological polar surface area (TPSA) is 49.4 Å². The minimum absolute atomic E-state index is 0.433. The third-order valence-corrected chi connectivity index (χ3v) is 7.63. The molecule has 2 atom stereocenters. The second kappa shape index (κ2) is 6.56. The van der Waals surface area contributed by atoms with E-state index in [9.17, 15) is 8.42 Å². The van der Waals surface area contributed by atoms with Crippen LogP contribution in [0.3, 0.4) is 0 Å². The van der Waals surface area contributed by atoms with Crippen LogP contribution in [0.1, 0.15) is 25.1 Å². The van der Waals surface area contributed by atoms with Crippen molar-refractivity contribution in [3.05, 3.63) is 17.0 Å². The van der Waals surface area contributed by atoms with Crippen LogP contribution < -0.4 is 5.32 Å². The van der Waals surface area contributed by atoms with Crippen molar-refractivity contribution in [2.45, 2.75) is 30.9 Å². The van der Waals surface area contributed by atoms with Gasteiger partial charge >= 0.3 is 0 Å². The molecule has 1 aliphatic heterocycles. The number of thiophene rings is 1. The van der Waals surface area contributed by atoms with E-state index in [2.05, 4.69) is 19.2 Å². The van der Waals surface area contributed by atoms with E-state index in [1.807, 2.05) is 13.1 Å². The summed E-state index contributed by atoms with van der Waals surface area (Å²) in [5.41, 5.74) is 0. The van der Waals surface area contributed by atoms with Gasteiger partial charge in [0, 0.05) is 18.0 Å². The minimum atomic E-state index is -3.29. The Balaban J connectivity index is 2.12. The molecule has 1 aromatic heterocycles. The SMILES string of the molecule is CNCCc1ccc(S(=O)(=O)N2CCC(C)C(C)C2)s1. The summed E-state index contributed by atoms with van der Waals surface area (Å²) >= 11 is 1.41. The van der Waals surface area contributed by atoms with Crippen LogP contribution in [0.15, 0.2) is 16.3 Å². The van der Waals surface area contributed by atoms with Gasteiger partial charge < -0.3 is 5.32 Å². The van der Waals surface area contributed by atoms with Crippen LogP contribution in [-0.4, -0.2) is 39.4 Å². The molecule has 1 saturated heterocycles. The maximum absolute atomic E-state index is 12.6. The summed E-state index contributed by atoms with van der Waals surface area (Å²) in [5.74, 6) is 1.04. The smallest absolute Gasteiger partial charge is 0.252 e. The second-order valence-corrected chi connectivity index (χ2v) is 9.01. The lowest BCUT2D eigenvalue weighted by atomic mass is 9.90. The lowest BCUT2D eigenvalue weighted by molar-refractivity contribution is 0.213. The van der Waals surface area contributed by atoms with E-state index < -0.39 is 10.0 Å². The first-order chi connectivity index (χ1) is 9.45. The van der Waals surface area contributed by atoms with Gasteiger partial charge in [-0.2, -0.15) is 4.31 Å². The summed E-state index contributed by atoms with van der Waals surface area (Å²) in [6, 6.07) is 3.69. The first kappa shape index (κ1) is 15.9. The average molecular weight is 316 g/mol. The highest BCUT2D eigenvalue weighted by atomic mass is 32.2. The van der Waals surface area contributed by atoms with E-state index in [4.69, 9.17) is 0 Å². The van der Waals surface area contributed by atoms with Gasteiger partial charge in [0.25, 0.3) is 10.0 Å². The van der Waals surface area contributed by atoms with E-state index >= 15 is 0 Å². The quantitative estimate of drug-likeness (QED) is 0.906. The fourth-order valence-corrected chi connectivity index (χ4v) is 5.51. The fraction of sp³-hybridized carbons (Fsp3) is 0.714. The Morgan fingerprint density at radius 3 is 2.75 bits per heavy atom. The molecule has 6 heteroatoms. The van der Waals surface area contributed by atoms with Crippen molar-refractivity contribution in [1.29, 1.82) is 0 Å². The number of hydrogen-bond donors (Lipinski definition) is 1. The highest BCUT2D eigenvalue weighted by Gasteiger charge is 2.32. The van der Waals surface area contributed by atoms with Crippen molar-refractivity contribution in [2.24, 2.45) is 11.8 Å². The minimum Gasteiger partial charge on any atom is -0.319 e. The van der Waals surface area contributed by atoms with E-state index in [1.165, 1.54) is 11.3 Å². The fourth-order valence-electron chi connectivity index (χ4n) is 2.45. The molecule has 20 heavy (non-hydrogen) atoms. The predicted octanol–water partition coefficient (Wildman–Crippen LogP) is 2.18. The summed E-state index contributed by atoms with van der Waals surface area (Å²) in [5, 5.41) is 3.09. The number of piperidine rings is 1. The Bertz CT molecular complexity index is 539. The zero-order chi connectivity index (χ0) is 14.8. The molecule has 2 unspecified atom stereocenters. The molecule has 114 valence electrons. The summed E-state index contributed by atoms with van der Waals surface area (Å²) in [6.07, 6.45) is 1.84. The number of sulfonamides is 1. The van der Waals surface area contributed by atoms with Gasteiger partial charge in [-0.25, -0.2) is 8.42 Å². The van der Waals surface area contributed by atoms with Crippen molar-refractivity contribution >= 4 is 21.4 Å². The Kier molecular flexibility index (Phi) is 5.23. The summed E-state index contributed by atoms with van der Waals surface area (Å²) < 4.78 is 27.4. The molecule has 0 spiro atoms. The molecule has 0 aromatic carbocycles. The van der Waals surface area contributed by atoms with Gasteiger partial charge in [-0.15, -0.1) is 11.3 Å². The van der Waals surface area contributed by atoms with Crippen LogP contribution in [0.4, 0.5) is 0 Å². The summed E-state index contributed by atoms with van der Waals surface area (Å²) in [4.78, 5) is 1.12. The van der Waals surface area contributed by atoms with Crippen LogP contribution >= 0.6 is 11.3 Å². The van der Waals surface area contributed by atoms with Crippen molar-refractivity contribution in [1.82, 2.24) is 9.62 Å². The molecule has 0 aliphatic carbocycles. The van der Waals surface area contributed by atoms with Crippen molar-refractivity contribution in [2.75, 3.05) is 26.7 Å². The molecule has 1 aliphatic rings. The number of rotatable bonds is 5. The Labute approximate surface area is 126 Å². The van der Waals surface area contributed by atoms with E-state index in [0.29, 0.717) is 29.1 Å². The zero-order valence-electron chi connectivity index (χ0n) is 12.4. The maximum Gasteiger partial charge on any atom is 0.252 e. The first-order valence-electron chi connectivity index (χ1n) is 7.18. The Hall–Kier alpha value is -0.430. The van der Waals surface area contributed by atoms with E-state index in [0.717, 1.165) is 24.3 Å². The lowest BCUT2D eigenvalue weighted by Crippen LogP contribution is -2.41. The van der Waals surface area contributed by atoms with Gasteiger partial charge in [0.15, 0.2) is 0 Å². The van der Waals surface area contributed by atoms with Gasteiger partial charge in [0.05, 0.1) is 0 Å².